The van der Waals surface area contributed by atoms with Crippen LogP contribution in [-0.2, 0) is 0 Å². The first kappa shape index (κ1) is 14.8. The molecule has 2 nitrogen and oxygen atoms in total. The van der Waals surface area contributed by atoms with Crippen LogP contribution in [0.4, 0.5) is 0 Å². The summed E-state index contributed by atoms with van der Waals surface area (Å²) in [7, 11) is 0. The van der Waals surface area contributed by atoms with Gasteiger partial charge in [0.1, 0.15) is 0 Å². The van der Waals surface area contributed by atoms with Gasteiger partial charge in [-0.1, -0.05) is 56.9 Å². The number of amides is 1. The number of rotatable bonds is 5. The lowest BCUT2D eigenvalue weighted by atomic mass is 9.95. The average molecular weight is 271 g/mol. The second-order valence-corrected chi connectivity index (χ2v) is 5.62. The van der Waals surface area contributed by atoms with Crippen molar-refractivity contribution in [2.45, 2.75) is 57.9 Å². The summed E-state index contributed by atoms with van der Waals surface area (Å²) < 4.78 is 0. The van der Waals surface area contributed by atoms with Gasteiger partial charge in [-0.15, -0.1) is 0 Å². The number of benzene rings is 1. The Balaban J connectivity index is 1.89. The van der Waals surface area contributed by atoms with Gasteiger partial charge in [0.05, 0.1) is 0 Å². The summed E-state index contributed by atoms with van der Waals surface area (Å²) in [5.41, 5.74) is 1.93. The maximum atomic E-state index is 12.2. The molecule has 0 heterocycles. The summed E-state index contributed by atoms with van der Waals surface area (Å²) in [4.78, 5) is 12.2. The van der Waals surface area contributed by atoms with Gasteiger partial charge in [0, 0.05) is 11.6 Å². The Morgan fingerprint density at radius 3 is 2.55 bits per heavy atom. The molecule has 1 aliphatic rings. The van der Waals surface area contributed by atoms with Gasteiger partial charge in [0.25, 0.3) is 5.91 Å². The van der Waals surface area contributed by atoms with Crippen molar-refractivity contribution in [1.29, 1.82) is 0 Å². The second kappa shape index (κ2) is 7.88. The molecule has 1 aromatic rings. The molecule has 1 aliphatic carbocycles. The van der Waals surface area contributed by atoms with E-state index in [0.29, 0.717) is 6.04 Å². The Hall–Kier alpha value is -1.57. The van der Waals surface area contributed by atoms with Gasteiger partial charge in [-0.25, -0.2) is 0 Å². The van der Waals surface area contributed by atoms with Gasteiger partial charge in [-0.3, -0.25) is 4.79 Å². The molecule has 0 spiro atoms. The molecule has 1 N–H and O–H groups in total. The van der Waals surface area contributed by atoms with Gasteiger partial charge < -0.3 is 5.32 Å². The van der Waals surface area contributed by atoms with Crippen molar-refractivity contribution in [3.8, 4) is 0 Å². The number of carbonyl (C=O) groups excluding carboxylic acids is 1. The highest BCUT2D eigenvalue weighted by atomic mass is 16.1. The molecular formula is C18H25NO. The fraction of sp³-hybridized carbons (Fsp3) is 0.500. The monoisotopic (exact) mass is 271 g/mol. The zero-order valence-corrected chi connectivity index (χ0v) is 12.4. The Morgan fingerprint density at radius 1 is 1.20 bits per heavy atom. The third-order valence-electron chi connectivity index (χ3n) is 3.88. The summed E-state index contributed by atoms with van der Waals surface area (Å²) in [6, 6.07) is 8.25. The first-order valence-electron chi connectivity index (χ1n) is 7.87. The van der Waals surface area contributed by atoms with Crippen molar-refractivity contribution in [3.63, 3.8) is 0 Å². The topological polar surface area (TPSA) is 29.1 Å². The van der Waals surface area contributed by atoms with Gasteiger partial charge in [-0.05, 0) is 37.0 Å². The van der Waals surface area contributed by atoms with E-state index >= 15 is 0 Å². The van der Waals surface area contributed by atoms with E-state index in [9.17, 15) is 4.79 Å². The third kappa shape index (κ3) is 4.52. The summed E-state index contributed by atoms with van der Waals surface area (Å²) in [5, 5.41) is 3.15. The van der Waals surface area contributed by atoms with Crippen LogP contribution >= 0.6 is 0 Å². The fourth-order valence-electron chi connectivity index (χ4n) is 2.65. The number of hydrogen-bond acceptors (Lipinski definition) is 1. The van der Waals surface area contributed by atoms with E-state index in [0.717, 1.165) is 30.4 Å². The molecule has 0 aliphatic heterocycles. The Morgan fingerprint density at radius 2 is 1.90 bits per heavy atom. The average Bonchev–Trinajstić information content (AvgIpc) is 2.49. The highest BCUT2D eigenvalue weighted by molar-refractivity contribution is 5.94. The Kier molecular flexibility index (Phi) is 5.85. The van der Waals surface area contributed by atoms with E-state index in [-0.39, 0.29) is 5.91 Å². The molecule has 0 radical (unpaired) electrons. The van der Waals surface area contributed by atoms with Crippen LogP contribution in [0.3, 0.4) is 0 Å². The Bertz CT molecular complexity index is 441. The number of carbonyl (C=O) groups is 1. The number of hydrogen-bond donors (Lipinski definition) is 1. The normalized spacial score (nSPS) is 16.4. The van der Waals surface area contributed by atoms with E-state index in [1.807, 2.05) is 24.3 Å². The quantitative estimate of drug-likeness (QED) is 0.835. The first-order chi connectivity index (χ1) is 9.79. The standard InChI is InChI=1S/C18H25NO/c1-2-3-5-8-15-11-13-16(14-12-15)18(20)19-17-9-6-4-7-10-17/h5,8,11-14,17H,2-4,6-7,9-10H2,1H3,(H,19,20). The molecule has 108 valence electrons. The zero-order valence-electron chi connectivity index (χ0n) is 12.4. The van der Waals surface area contributed by atoms with E-state index in [1.54, 1.807) is 0 Å². The lowest BCUT2D eigenvalue weighted by Crippen LogP contribution is -2.36. The molecule has 0 bridgehead atoms. The zero-order chi connectivity index (χ0) is 14.2. The first-order valence-corrected chi connectivity index (χ1v) is 7.87. The summed E-state index contributed by atoms with van der Waals surface area (Å²) >= 11 is 0. The molecule has 1 fully saturated rings. The van der Waals surface area contributed by atoms with Crippen molar-refractivity contribution in [1.82, 2.24) is 5.32 Å². The highest BCUT2D eigenvalue weighted by Crippen LogP contribution is 2.18. The highest BCUT2D eigenvalue weighted by Gasteiger charge is 2.16. The number of nitrogens with one attached hydrogen (secondary N) is 1. The smallest absolute Gasteiger partial charge is 0.251 e. The molecule has 1 aromatic carbocycles. The fourth-order valence-corrected chi connectivity index (χ4v) is 2.65. The molecule has 20 heavy (non-hydrogen) atoms. The molecule has 1 saturated carbocycles. The van der Waals surface area contributed by atoms with Crippen LogP contribution in [-0.4, -0.2) is 11.9 Å². The van der Waals surface area contributed by atoms with Gasteiger partial charge in [0.15, 0.2) is 0 Å². The summed E-state index contributed by atoms with van der Waals surface area (Å²) in [5.74, 6) is 0.0704. The predicted octanol–water partition coefficient (Wildman–Crippen LogP) is 4.56. The van der Waals surface area contributed by atoms with Crippen LogP contribution in [0.2, 0.25) is 0 Å². The molecule has 1 amide bonds. The number of allylic oxidation sites excluding steroid dienone is 1. The predicted molar refractivity (Wildman–Crippen MR) is 84.7 cm³/mol. The van der Waals surface area contributed by atoms with Crippen LogP contribution in [0.15, 0.2) is 30.3 Å². The molecule has 0 unspecified atom stereocenters. The van der Waals surface area contributed by atoms with Crippen molar-refractivity contribution < 1.29 is 4.79 Å². The minimum absolute atomic E-state index is 0.0704. The van der Waals surface area contributed by atoms with Crippen molar-refractivity contribution in [2.24, 2.45) is 0 Å². The molecule has 0 saturated heterocycles. The van der Waals surface area contributed by atoms with E-state index < -0.39 is 0 Å². The lowest BCUT2D eigenvalue weighted by Gasteiger charge is -2.22. The molecule has 0 aromatic heterocycles. The maximum Gasteiger partial charge on any atom is 0.251 e. The summed E-state index contributed by atoms with van der Waals surface area (Å²) in [6.45, 7) is 2.17. The van der Waals surface area contributed by atoms with Crippen LogP contribution in [0.25, 0.3) is 6.08 Å². The summed E-state index contributed by atoms with van der Waals surface area (Å²) in [6.07, 6.45) is 12.6. The molecule has 2 heteroatoms. The van der Waals surface area contributed by atoms with Crippen LogP contribution < -0.4 is 5.32 Å². The third-order valence-corrected chi connectivity index (χ3v) is 3.88. The largest absolute Gasteiger partial charge is 0.349 e. The van der Waals surface area contributed by atoms with Crippen LogP contribution in [0.1, 0.15) is 67.8 Å². The minimum Gasteiger partial charge on any atom is -0.349 e. The van der Waals surface area contributed by atoms with Gasteiger partial charge >= 0.3 is 0 Å². The van der Waals surface area contributed by atoms with Crippen molar-refractivity contribution in [2.75, 3.05) is 0 Å². The van der Waals surface area contributed by atoms with Gasteiger partial charge in [-0.2, -0.15) is 0 Å². The van der Waals surface area contributed by atoms with E-state index in [2.05, 4.69) is 24.4 Å². The SMILES string of the molecule is CCCC=Cc1ccc(C(=O)NC2CCCCC2)cc1. The maximum absolute atomic E-state index is 12.2. The molecule has 0 atom stereocenters. The molecular weight excluding hydrogens is 246 g/mol. The van der Waals surface area contributed by atoms with E-state index in [1.165, 1.54) is 25.7 Å². The minimum atomic E-state index is 0.0704. The second-order valence-electron chi connectivity index (χ2n) is 5.62. The van der Waals surface area contributed by atoms with Crippen molar-refractivity contribution >= 4 is 12.0 Å². The van der Waals surface area contributed by atoms with Gasteiger partial charge in [0.2, 0.25) is 0 Å². The van der Waals surface area contributed by atoms with Crippen LogP contribution in [0, 0.1) is 0 Å². The Labute approximate surface area is 122 Å². The number of unbranched alkanes of at least 4 members (excludes halogenated alkanes) is 1. The van der Waals surface area contributed by atoms with Crippen molar-refractivity contribution in [3.05, 3.63) is 41.5 Å². The van der Waals surface area contributed by atoms with Crippen LogP contribution in [0.5, 0.6) is 0 Å². The lowest BCUT2D eigenvalue weighted by molar-refractivity contribution is 0.0927. The van der Waals surface area contributed by atoms with E-state index in [4.69, 9.17) is 0 Å². The molecule has 2 rings (SSSR count).